The lowest BCUT2D eigenvalue weighted by Gasteiger charge is -2.27. The fourth-order valence-corrected chi connectivity index (χ4v) is 4.48. The topological polar surface area (TPSA) is 87.7 Å². The number of alkyl carbamates (subject to hydrolysis) is 1. The zero-order chi connectivity index (χ0) is 24.2. The maximum atomic E-state index is 14.4. The van der Waals surface area contributed by atoms with Crippen molar-refractivity contribution in [2.75, 3.05) is 13.1 Å². The first kappa shape index (κ1) is 23.7. The molecule has 2 N–H and O–H groups in total. The van der Waals surface area contributed by atoms with Gasteiger partial charge in [0.05, 0.1) is 25.6 Å². The zero-order valence-corrected chi connectivity index (χ0v) is 19.4. The number of halogens is 1. The van der Waals surface area contributed by atoms with E-state index in [0.717, 1.165) is 11.1 Å². The molecule has 8 heteroatoms. The number of likely N-dealkylation sites (tertiary alicyclic amines) is 1. The van der Waals surface area contributed by atoms with Crippen LogP contribution in [0.3, 0.4) is 0 Å². The van der Waals surface area contributed by atoms with Crippen LogP contribution in [-0.2, 0) is 14.3 Å². The van der Waals surface area contributed by atoms with Gasteiger partial charge in [0, 0.05) is 6.42 Å². The van der Waals surface area contributed by atoms with E-state index in [1.165, 1.54) is 10.5 Å². The van der Waals surface area contributed by atoms with Crippen LogP contribution in [0, 0.1) is 0 Å². The molecule has 0 bridgehead atoms. The predicted molar refractivity (Wildman–Crippen MR) is 125 cm³/mol. The Hall–Kier alpha value is -3.42. The number of carbonyl (C=O) groups excluding carboxylic acids is 3. The first-order valence-corrected chi connectivity index (χ1v) is 11.6. The number of amides is 3. The van der Waals surface area contributed by atoms with Gasteiger partial charge in [0.25, 0.3) is 0 Å². The Labute approximate surface area is 198 Å². The number of rotatable bonds is 7. The molecule has 0 unspecified atom stereocenters. The van der Waals surface area contributed by atoms with Gasteiger partial charge in [-0.15, -0.1) is 0 Å². The highest BCUT2D eigenvalue weighted by molar-refractivity contribution is 5.89. The predicted octanol–water partition coefficient (Wildman–Crippen LogP) is 3.45. The second kappa shape index (κ2) is 10.2. The van der Waals surface area contributed by atoms with Gasteiger partial charge in [-0.3, -0.25) is 9.59 Å². The van der Waals surface area contributed by atoms with E-state index in [9.17, 15) is 18.8 Å². The summed E-state index contributed by atoms with van der Waals surface area (Å²) in [6.07, 6.45) is -2.63. The Morgan fingerprint density at radius 2 is 1.74 bits per heavy atom. The van der Waals surface area contributed by atoms with Crippen LogP contribution < -0.4 is 10.6 Å². The van der Waals surface area contributed by atoms with E-state index in [-0.39, 0.29) is 25.9 Å². The summed E-state index contributed by atoms with van der Waals surface area (Å²) >= 11 is 0. The van der Waals surface area contributed by atoms with Crippen LogP contribution in [0.4, 0.5) is 9.18 Å². The second-order valence-electron chi connectivity index (χ2n) is 9.18. The number of nitrogens with one attached hydrogen (secondary N) is 2. The summed E-state index contributed by atoms with van der Waals surface area (Å²) < 4.78 is 19.4. The lowest BCUT2D eigenvalue weighted by molar-refractivity contribution is -0.139. The first-order chi connectivity index (χ1) is 16.3. The molecule has 34 heavy (non-hydrogen) atoms. The Morgan fingerprint density at radius 1 is 1.09 bits per heavy atom. The van der Waals surface area contributed by atoms with Gasteiger partial charge in [-0.2, -0.15) is 0 Å². The number of hydrogen-bond donors (Lipinski definition) is 2. The highest BCUT2D eigenvalue weighted by Gasteiger charge is 2.41. The molecular weight excluding hydrogens is 437 g/mol. The molecule has 7 nitrogen and oxygen atoms in total. The van der Waals surface area contributed by atoms with Crippen LogP contribution >= 0.6 is 0 Å². The van der Waals surface area contributed by atoms with Gasteiger partial charge in [-0.05, 0) is 22.6 Å². The third kappa shape index (κ3) is 5.38. The van der Waals surface area contributed by atoms with Crippen LogP contribution in [0.1, 0.15) is 55.3 Å². The molecule has 2 heterocycles. The standard InChI is InChI=1S/C26H30FN3O4/c1-16(2)17-8-10-19(11-9-17)24(18-6-4-3-5-7-18)29-25(32)22-12-20(27)15-30(22)23(31)13-21-14-28-26(33)34-21/h3-11,16,20-22,24H,12-15H2,1-2H3,(H,28,33)(H,29,32)/t20-,21-,22+,24+/m1/s1. The highest BCUT2D eigenvalue weighted by atomic mass is 19.1. The summed E-state index contributed by atoms with van der Waals surface area (Å²) in [6.45, 7) is 4.31. The molecule has 180 valence electrons. The Morgan fingerprint density at radius 3 is 2.35 bits per heavy atom. The number of alkyl halides is 1. The largest absolute Gasteiger partial charge is 0.444 e. The summed E-state index contributed by atoms with van der Waals surface area (Å²) in [6, 6.07) is 16.3. The summed E-state index contributed by atoms with van der Waals surface area (Å²) in [4.78, 5) is 38.7. The Balaban J connectivity index is 1.52. The van der Waals surface area contributed by atoms with E-state index >= 15 is 0 Å². The number of nitrogens with zero attached hydrogens (tertiary/aromatic N) is 1. The maximum absolute atomic E-state index is 14.4. The van der Waals surface area contributed by atoms with Crippen molar-refractivity contribution in [1.82, 2.24) is 15.5 Å². The van der Waals surface area contributed by atoms with Crippen molar-refractivity contribution in [2.45, 2.75) is 57.0 Å². The van der Waals surface area contributed by atoms with Crippen molar-refractivity contribution in [3.05, 3.63) is 71.3 Å². The third-order valence-corrected chi connectivity index (χ3v) is 6.38. The molecule has 2 aliphatic rings. The van der Waals surface area contributed by atoms with Gasteiger partial charge in [-0.25, -0.2) is 9.18 Å². The minimum atomic E-state index is -1.29. The van der Waals surface area contributed by atoms with Crippen LogP contribution in [0.5, 0.6) is 0 Å². The molecule has 2 aliphatic heterocycles. The fourth-order valence-electron chi connectivity index (χ4n) is 4.48. The lowest BCUT2D eigenvalue weighted by atomic mass is 9.95. The Bertz CT molecular complexity index is 1030. The van der Waals surface area contributed by atoms with Gasteiger partial charge in [0.2, 0.25) is 11.8 Å². The van der Waals surface area contributed by atoms with Crippen LogP contribution in [0.2, 0.25) is 0 Å². The van der Waals surface area contributed by atoms with Gasteiger partial charge in [-0.1, -0.05) is 68.4 Å². The SMILES string of the molecule is CC(C)c1ccc([C@@H](NC(=O)[C@@H]2C[C@@H](F)CN2C(=O)C[C@@H]2CNC(=O)O2)c2ccccc2)cc1. The summed E-state index contributed by atoms with van der Waals surface area (Å²) in [5.41, 5.74) is 2.99. The van der Waals surface area contributed by atoms with Crippen molar-refractivity contribution in [1.29, 1.82) is 0 Å². The minimum Gasteiger partial charge on any atom is -0.444 e. The highest BCUT2D eigenvalue weighted by Crippen LogP contribution is 2.27. The molecule has 2 saturated heterocycles. The number of ether oxygens (including phenoxy) is 1. The number of carbonyl (C=O) groups is 3. The van der Waals surface area contributed by atoms with E-state index in [4.69, 9.17) is 4.74 Å². The fraction of sp³-hybridized carbons (Fsp3) is 0.423. The quantitative estimate of drug-likeness (QED) is 0.653. The van der Waals surface area contributed by atoms with Crippen LogP contribution in [-0.4, -0.2) is 54.2 Å². The molecule has 2 aromatic carbocycles. The summed E-state index contributed by atoms with van der Waals surface area (Å²) in [5, 5.41) is 5.55. The minimum absolute atomic E-state index is 0.0614. The molecule has 0 aromatic heterocycles. The molecule has 0 radical (unpaired) electrons. The van der Waals surface area contributed by atoms with E-state index in [2.05, 4.69) is 24.5 Å². The van der Waals surface area contributed by atoms with E-state index in [1.54, 1.807) is 0 Å². The van der Waals surface area contributed by atoms with E-state index in [1.807, 2.05) is 54.6 Å². The maximum Gasteiger partial charge on any atom is 0.407 e. The van der Waals surface area contributed by atoms with E-state index in [0.29, 0.717) is 5.92 Å². The van der Waals surface area contributed by atoms with E-state index < -0.39 is 42.3 Å². The number of cyclic esters (lactones) is 1. The summed E-state index contributed by atoms with van der Waals surface area (Å²) in [7, 11) is 0. The Kier molecular flexibility index (Phi) is 7.14. The van der Waals surface area contributed by atoms with Crippen molar-refractivity contribution < 1.29 is 23.5 Å². The molecule has 2 fully saturated rings. The average molecular weight is 468 g/mol. The first-order valence-electron chi connectivity index (χ1n) is 11.6. The number of benzene rings is 2. The summed E-state index contributed by atoms with van der Waals surface area (Å²) in [5.74, 6) is -0.427. The molecule has 0 spiro atoms. The molecule has 4 atom stereocenters. The molecular formula is C26H30FN3O4. The van der Waals surface area contributed by atoms with Crippen LogP contribution in [0.25, 0.3) is 0 Å². The van der Waals surface area contributed by atoms with Crippen molar-refractivity contribution in [2.24, 2.45) is 0 Å². The molecule has 4 rings (SSSR count). The zero-order valence-electron chi connectivity index (χ0n) is 19.4. The van der Waals surface area contributed by atoms with Gasteiger partial charge < -0.3 is 20.3 Å². The van der Waals surface area contributed by atoms with Gasteiger partial charge in [0.1, 0.15) is 18.3 Å². The van der Waals surface area contributed by atoms with Crippen molar-refractivity contribution in [3.63, 3.8) is 0 Å². The van der Waals surface area contributed by atoms with Gasteiger partial charge >= 0.3 is 6.09 Å². The third-order valence-electron chi connectivity index (χ3n) is 6.38. The molecule has 3 amide bonds. The average Bonchev–Trinajstić information content (AvgIpc) is 3.43. The van der Waals surface area contributed by atoms with Crippen molar-refractivity contribution in [3.8, 4) is 0 Å². The smallest absolute Gasteiger partial charge is 0.407 e. The molecule has 0 saturated carbocycles. The lowest BCUT2D eigenvalue weighted by Crippen LogP contribution is -2.47. The second-order valence-corrected chi connectivity index (χ2v) is 9.18. The number of hydrogen-bond acceptors (Lipinski definition) is 4. The molecule has 2 aromatic rings. The van der Waals surface area contributed by atoms with Crippen molar-refractivity contribution >= 4 is 17.9 Å². The monoisotopic (exact) mass is 467 g/mol. The van der Waals surface area contributed by atoms with Gasteiger partial charge in [0.15, 0.2) is 0 Å². The normalized spacial score (nSPS) is 22.9. The van der Waals surface area contributed by atoms with Crippen LogP contribution in [0.15, 0.2) is 54.6 Å². The molecule has 0 aliphatic carbocycles.